The molecule has 14 nitrogen and oxygen atoms in total. The number of esters is 5. The zero-order chi connectivity index (χ0) is 26.9. The smallest absolute Gasteiger partial charge is 0.366 e. The van der Waals surface area contributed by atoms with Crippen LogP contribution in [0.5, 0.6) is 0 Å². The number of carbonyl (C=O) groups excluding carboxylic acids is 6. The van der Waals surface area contributed by atoms with E-state index in [-0.39, 0.29) is 0 Å². The lowest BCUT2D eigenvalue weighted by molar-refractivity contribution is -0.307. The molecular formula is C21H31NO13. The molecule has 1 fully saturated rings. The number of methoxy groups -OCH3 is 2. The highest BCUT2D eigenvalue weighted by Gasteiger charge is 2.58. The Morgan fingerprint density at radius 2 is 1.51 bits per heavy atom. The first-order chi connectivity index (χ1) is 16.3. The Bertz CT molecular complexity index is 828. The van der Waals surface area contributed by atoms with Crippen LogP contribution in [0.2, 0.25) is 0 Å². The Balaban J connectivity index is 3.72. The fourth-order valence-electron chi connectivity index (χ4n) is 3.61. The van der Waals surface area contributed by atoms with Gasteiger partial charge in [0.2, 0.25) is 5.91 Å². The van der Waals surface area contributed by atoms with E-state index in [2.05, 4.69) is 5.32 Å². The zero-order valence-corrected chi connectivity index (χ0v) is 20.6. The summed E-state index contributed by atoms with van der Waals surface area (Å²) in [6.45, 7) is 4.92. The van der Waals surface area contributed by atoms with E-state index in [1.165, 1.54) is 6.92 Å². The van der Waals surface area contributed by atoms with Gasteiger partial charge in [0.25, 0.3) is 5.79 Å². The first-order valence-corrected chi connectivity index (χ1v) is 10.5. The van der Waals surface area contributed by atoms with Gasteiger partial charge in [-0.3, -0.25) is 24.0 Å². The fourth-order valence-corrected chi connectivity index (χ4v) is 3.61. The van der Waals surface area contributed by atoms with Crippen LogP contribution in [0.15, 0.2) is 0 Å². The largest absolute Gasteiger partial charge is 0.465 e. The maximum atomic E-state index is 12.7. The van der Waals surface area contributed by atoms with E-state index in [4.69, 9.17) is 33.2 Å². The van der Waals surface area contributed by atoms with E-state index < -0.39 is 85.0 Å². The number of hydrogen-bond acceptors (Lipinski definition) is 13. The number of nitrogens with one attached hydrogen (secondary N) is 1. The van der Waals surface area contributed by atoms with E-state index in [1.807, 2.05) is 0 Å². The minimum atomic E-state index is -2.17. The molecule has 1 saturated heterocycles. The molecule has 35 heavy (non-hydrogen) atoms. The molecule has 1 rings (SSSR count). The third kappa shape index (κ3) is 8.47. The van der Waals surface area contributed by atoms with Crippen LogP contribution >= 0.6 is 0 Å². The van der Waals surface area contributed by atoms with Crippen molar-refractivity contribution in [2.24, 2.45) is 0 Å². The second-order valence-corrected chi connectivity index (χ2v) is 7.63. The van der Waals surface area contributed by atoms with Gasteiger partial charge in [-0.05, 0) is 0 Å². The molecule has 1 N–H and O–H groups in total. The molecule has 0 aromatic heterocycles. The third-order valence-corrected chi connectivity index (χ3v) is 4.82. The van der Waals surface area contributed by atoms with E-state index in [1.54, 1.807) is 0 Å². The maximum Gasteiger partial charge on any atom is 0.366 e. The minimum absolute atomic E-state index is 0.411. The molecule has 0 radical (unpaired) electrons. The first kappa shape index (κ1) is 29.8. The predicted molar refractivity (Wildman–Crippen MR) is 112 cm³/mol. The van der Waals surface area contributed by atoms with Gasteiger partial charge in [0, 0.05) is 41.7 Å². The van der Waals surface area contributed by atoms with Gasteiger partial charge in [-0.25, -0.2) is 4.79 Å². The topological polar surface area (TPSA) is 179 Å². The molecule has 0 aromatic rings. The molecule has 6 atom stereocenters. The van der Waals surface area contributed by atoms with Crippen LogP contribution in [0.25, 0.3) is 0 Å². The van der Waals surface area contributed by atoms with Gasteiger partial charge in [0.15, 0.2) is 12.2 Å². The molecular weight excluding hydrogens is 474 g/mol. The quantitative estimate of drug-likeness (QED) is 0.287. The summed E-state index contributed by atoms with van der Waals surface area (Å²) in [4.78, 5) is 71.8. The number of hydrogen-bond donors (Lipinski definition) is 1. The molecule has 0 bridgehead atoms. The molecule has 0 aromatic carbocycles. The Hall–Kier alpha value is -3.26. The van der Waals surface area contributed by atoms with Crippen molar-refractivity contribution >= 4 is 35.8 Å². The molecule has 198 valence electrons. The third-order valence-electron chi connectivity index (χ3n) is 4.82. The average molecular weight is 505 g/mol. The van der Waals surface area contributed by atoms with Crippen molar-refractivity contribution in [1.29, 1.82) is 0 Å². The SMILES string of the molecule is COC(=O)C1(OC)CC(OC(C)=O)C(NC(C)=O)C([C@@H](OC(C)=O)[C@H](COC(C)=O)OC(C)=O)O1. The lowest BCUT2D eigenvalue weighted by Crippen LogP contribution is -2.69. The summed E-state index contributed by atoms with van der Waals surface area (Å²) in [6, 6.07) is -1.23. The van der Waals surface area contributed by atoms with Crippen LogP contribution in [0.3, 0.4) is 0 Å². The number of amides is 1. The molecule has 1 heterocycles. The van der Waals surface area contributed by atoms with Gasteiger partial charge >= 0.3 is 29.8 Å². The Morgan fingerprint density at radius 3 is 1.94 bits per heavy atom. The van der Waals surface area contributed by atoms with E-state index in [0.29, 0.717) is 0 Å². The van der Waals surface area contributed by atoms with Gasteiger partial charge in [0.05, 0.1) is 19.6 Å². The van der Waals surface area contributed by atoms with Crippen molar-refractivity contribution in [2.45, 2.75) is 77.3 Å². The van der Waals surface area contributed by atoms with Gasteiger partial charge < -0.3 is 38.5 Å². The molecule has 0 aliphatic carbocycles. The zero-order valence-electron chi connectivity index (χ0n) is 20.6. The summed E-state index contributed by atoms with van der Waals surface area (Å²) in [5.41, 5.74) is 0. The Labute approximate surface area is 201 Å². The monoisotopic (exact) mass is 505 g/mol. The standard InChI is InChI=1S/C21H31NO13/c1-10(23)22-17-15(32-12(3)25)8-21(30-7,20(28)29-6)35-19(17)18(34-14(5)27)16(33-13(4)26)9-31-11(2)24/h15-19H,8-9H2,1-7H3,(H,22,23)/t15?,16-,17?,18-,19?,21?/m0/s1. The van der Waals surface area contributed by atoms with Crippen molar-refractivity contribution in [3.63, 3.8) is 0 Å². The summed E-state index contributed by atoms with van der Waals surface area (Å²) in [7, 11) is 2.19. The van der Waals surface area contributed by atoms with E-state index in [0.717, 1.165) is 41.9 Å². The number of carbonyl (C=O) groups is 6. The highest BCUT2D eigenvalue weighted by atomic mass is 16.7. The number of ether oxygens (including phenoxy) is 7. The first-order valence-electron chi connectivity index (χ1n) is 10.5. The van der Waals surface area contributed by atoms with Crippen LogP contribution in [-0.2, 0) is 61.9 Å². The van der Waals surface area contributed by atoms with Crippen molar-refractivity contribution < 1.29 is 61.9 Å². The van der Waals surface area contributed by atoms with Crippen LogP contribution in [0, 0.1) is 0 Å². The van der Waals surface area contributed by atoms with Crippen LogP contribution < -0.4 is 5.32 Å². The van der Waals surface area contributed by atoms with Crippen molar-refractivity contribution in [3.8, 4) is 0 Å². The van der Waals surface area contributed by atoms with E-state index >= 15 is 0 Å². The molecule has 0 saturated carbocycles. The summed E-state index contributed by atoms with van der Waals surface area (Å²) in [6.07, 6.45) is -6.22. The van der Waals surface area contributed by atoms with Crippen molar-refractivity contribution in [1.82, 2.24) is 5.32 Å². The number of rotatable bonds is 10. The van der Waals surface area contributed by atoms with Gasteiger partial charge in [-0.1, -0.05) is 0 Å². The Kier molecular flexibility index (Phi) is 11.1. The minimum Gasteiger partial charge on any atom is -0.465 e. The maximum absolute atomic E-state index is 12.7. The lowest BCUT2D eigenvalue weighted by atomic mass is 9.88. The summed E-state index contributed by atoms with van der Waals surface area (Å²) < 4.78 is 36.9. The molecule has 14 heteroatoms. The average Bonchev–Trinajstić information content (AvgIpc) is 2.74. The normalized spacial score (nSPS) is 25.3. The highest BCUT2D eigenvalue weighted by molar-refractivity contribution is 5.79. The summed E-state index contributed by atoms with van der Waals surface area (Å²) in [5, 5.41) is 2.54. The molecule has 1 amide bonds. The van der Waals surface area contributed by atoms with Crippen LogP contribution in [0.4, 0.5) is 0 Å². The predicted octanol–water partition coefficient (Wildman–Crippen LogP) is -0.846. The van der Waals surface area contributed by atoms with Gasteiger partial charge in [-0.2, -0.15) is 0 Å². The molecule has 4 unspecified atom stereocenters. The summed E-state index contributed by atoms with van der Waals surface area (Å²) >= 11 is 0. The van der Waals surface area contributed by atoms with E-state index in [9.17, 15) is 28.8 Å². The highest BCUT2D eigenvalue weighted by Crippen LogP contribution is 2.36. The van der Waals surface area contributed by atoms with Crippen LogP contribution in [-0.4, -0.2) is 92.8 Å². The summed E-state index contributed by atoms with van der Waals surface area (Å²) in [5.74, 6) is -6.96. The molecule has 1 aliphatic heterocycles. The van der Waals surface area contributed by atoms with Gasteiger partial charge in [0.1, 0.15) is 18.8 Å². The lowest BCUT2D eigenvalue weighted by Gasteiger charge is -2.48. The second kappa shape index (κ2) is 13.0. The Morgan fingerprint density at radius 1 is 0.914 bits per heavy atom. The van der Waals surface area contributed by atoms with Gasteiger partial charge in [-0.15, -0.1) is 0 Å². The van der Waals surface area contributed by atoms with Crippen molar-refractivity contribution in [2.75, 3.05) is 20.8 Å². The molecule has 0 spiro atoms. The second-order valence-electron chi connectivity index (χ2n) is 7.63. The fraction of sp³-hybridized carbons (Fsp3) is 0.714. The van der Waals surface area contributed by atoms with Crippen LogP contribution in [0.1, 0.15) is 41.0 Å². The molecule has 1 aliphatic rings. The van der Waals surface area contributed by atoms with Crippen molar-refractivity contribution in [3.05, 3.63) is 0 Å².